The summed E-state index contributed by atoms with van der Waals surface area (Å²) in [5.74, 6) is -0.274. The summed E-state index contributed by atoms with van der Waals surface area (Å²) in [5.41, 5.74) is 2.99. The van der Waals surface area contributed by atoms with Crippen molar-refractivity contribution in [2.45, 2.75) is 12.8 Å². The summed E-state index contributed by atoms with van der Waals surface area (Å²) in [5, 5.41) is 2.71. The SMILES string of the molecule is COc1cccc(CCNC(=O)C(=O)N2CCc3ccccc32)c1. The first-order valence-electron chi connectivity index (χ1n) is 7.99. The zero-order valence-electron chi connectivity index (χ0n) is 13.6. The van der Waals surface area contributed by atoms with Crippen LogP contribution in [0.25, 0.3) is 0 Å². The fourth-order valence-corrected chi connectivity index (χ4v) is 2.90. The maximum Gasteiger partial charge on any atom is 0.316 e. The molecule has 0 bridgehead atoms. The molecule has 5 nitrogen and oxygen atoms in total. The summed E-state index contributed by atoms with van der Waals surface area (Å²) in [6.07, 6.45) is 1.44. The number of methoxy groups -OCH3 is 1. The van der Waals surface area contributed by atoms with E-state index in [0.29, 0.717) is 19.5 Å². The smallest absolute Gasteiger partial charge is 0.316 e. The molecule has 1 N–H and O–H groups in total. The highest BCUT2D eigenvalue weighted by Crippen LogP contribution is 2.27. The van der Waals surface area contributed by atoms with Gasteiger partial charge < -0.3 is 15.0 Å². The Kier molecular flexibility index (Phi) is 4.79. The average molecular weight is 324 g/mol. The van der Waals surface area contributed by atoms with Crippen molar-refractivity contribution in [1.82, 2.24) is 5.32 Å². The first-order valence-corrected chi connectivity index (χ1v) is 7.99. The van der Waals surface area contributed by atoms with Crippen LogP contribution < -0.4 is 15.0 Å². The number of fused-ring (bicyclic) bond motifs is 1. The Hall–Kier alpha value is -2.82. The Morgan fingerprint density at radius 2 is 2.00 bits per heavy atom. The van der Waals surface area contributed by atoms with Crippen LogP contribution in [0.15, 0.2) is 48.5 Å². The van der Waals surface area contributed by atoms with E-state index in [0.717, 1.165) is 29.0 Å². The third-order valence-electron chi connectivity index (χ3n) is 4.16. The quantitative estimate of drug-likeness (QED) is 0.875. The second kappa shape index (κ2) is 7.17. The van der Waals surface area contributed by atoms with Gasteiger partial charge in [0.15, 0.2) is 0 Å². The maximum absolute atomic E-state index is 12.3. The van der Waals surface area contributed by atoms with Gasteiger partial charge in [0.1, 0.15) is 5.75 Å². The van der Waals surface area contributed by atoms with Gasteiger partial charge in [0.05, 0.1) is 7.11 Å². The van der Waals surface area contributed by atoms with E-state index in [1.165, 1.54) is 0 Å². The fourth-order valence-electron chi connectivity index (χ4n) is 2.90. The van der Waals surface area contributed by atoms with Crippen LogP contribution in [0.2, 0.25) is 0 Å². The number of carbonyl (C=O) groups is 2. The lowest BCUT2D eigenvalue weighted by molar-refractivity contribution is -0.137. The fraction of sp³-hybridized carbons (Fsp3) is 0.263. The van der Waals surface area contributed by atoms with E-state index in [2.05, 4.69) is 5.32 Å². The molecule has 0 unspecified atom stereocenters. The summed E-state index contributed by atoms with van der Waals surface area (Å²) in [7, 11) is 1.62. The van der Waals surface area contributed by atoms with Gasteiger partial charge in [-0.2, -0.15) is 0 Å². The molecule has 0 saturated carbocycles. The van der Waals surface area contributed by atoms with E-state index in [9.17, 15) is 9.59 Å². The third-order valence-corrected chi connectivity index (χ3v) is 4.16. The molecule has 0 spiro atoms. The molecule has 1 aliphatic rings. The van der Waals surface area contributed by atoms with Crippen LogP contribution in [0.1, 0.15) is 11.1 Å². The number of nitrogens with one attached hydrogen (secondary N) is 1. The van der Waals surface area contributed by atoms with Crippen molar-refractivity contribution >= 4 is 17.5 Å². The molecule has 0 atom stereocenters. The van der Waals surface area contributed by atoms with Crippen LogP contribution in [0.5, 0.6) is 5.75 Å². The summed E-state index contributed by atoms with van der Waals surface area (Å²) in [4.78, 5) is 26.0. The molecular formula is C19H20N2O3. The van der Waals surface area contributed by atoms with Gasteiger partial charge in [-0.3, -0.25) is 9.59 Å². The third kappa shape index (κ3) is 3.40. The number of benzene rings is 2. The molecule has 24 heavy (non-hydrogen) atoms. The van der Waals surface area contributed by atoms with Crippen molar-refractivity contribution in [2.24, 2.45) is 0 Å². The Morgan fingerprint density at radius 3 is 2.83 bits per heavy atom. The minimum atomic E-state index is -0.561. The Bertz CT molecular complexity index is 758. The standard InChI is InChI=1S/C19H20N2O3/c1-24-16-7-4-5-14(13-16)9-11-20-18(22)19(23)21-12-10-15-6-2-3-8-17(15)21/h2-8,13H,9-12H2,1H3,(H,20,22). The molecule has 1 heterocycles. The van der Waals surface area contributed by atoms with E-state index in [1.54, 1.807) is 12.0 Å². The summed E-state index contributed by atoms with van der Waals surface area (Å²) < 4.78 is 5.17. The molecule has 124 valence electrons. The highest BCUT2D eigenvalue weighted by molar-refractivity contribution is 6.40. The number of hydrogen-bond donors (Lipinski definition) is 1. The number of rotatable bonds is 4. The maximum atomic E-state index is 12.3. The lowest BCUT2D eigenvalue weighted by atomic mass is 10.1. The van der Waals surface area contributed by atoms with Crippen LogP contribution in [0, 0.1) is 0 Å². The van der Waals surface area contributed by atoms with Crippen molar-refractivity contribution in [1.29, 1.82) is 0 Å². The molecular weight excluding hydrogens is 304 g/mol. The van der Waals surface area contributed by atoms with E-state index < -0.39 is 11.8 Å². The number of para-hydroxylation sites is 1. The average Bonchev–Trinajstić information content (AvgIpc) is 3.05. The number of amides is 2. The van der Waals surface area contributed by atoms with Gasteiger partial charge in [0, 0.05) is 18.8 Å². The van der Waals surface area contributed by atoms with E-state index in [4.69, 9.17) is 4.74 Å². The highest BCUT2D eigenvalue weighted by Gasteiger charge is 2.28. The highest BCUT2D eigenvalue weighted by atomic mass is 16.5. The minimum Gasteiger partial charge on any atom is -0.497 e. The number of anilines is 1. The summed E-state index contributed by atoms with van der Waals surface area (Å²) in [6, 6.07) is 15.4. The molecule has 2 aromatic carbocycles. The second-order valence-electron chi connectivity index (χ2n) is 5.69. The van der Waals surface area contributed by atoms with Gasteiger partial charge in [0.25, 0.3) is 0 Å². The van der Waals surface area contributed by atoms with Gasteiger partial charge in [-0.25, -0.2) is 0 Å². The summed E-state index contributed by atoms with van der Waals surface area (Å²) >= 11 is 0. The molecule has 0 aliphatic carbocycles. The molecule has 0 radical (unpaired) electrons. The van der Waals surface area contributed by atoms with Gasteiger partial charge in [-0.05, 0) is 42.2 Å². The molecule has 2 aromatic rings. The van der Waals surface area contributed by atoms with Crippen molar-refractivity contribution < 1.29 is 14.3 Å². The Balaban J connectivity index is 1.55. The summed E-state index contributed by atoms with van der Waals surface area (Å²) in [6.45, 7) is 0.967. The normalized spacial score (nSPS) is 12.6. The van der Waals surface area contributed by atoms with Gasteiger partial charge >= 0.3 is 11.8 Å². The zero-order chi connectivity index (χ0) is 16.9. The second-order valence-corrected chi connectivity index (χ2v) is 5.69. The molecule has 5 heteroatoms. The van der Waals surface area contributed by atoms with E-state index >= 15 is 0 Å². The van der Waals surface area contributed by atoms with Gasteiger partial charge in [-0.15, -0.1) is 0 Å². The molecule has 1 aliphatic heterocycles. The van der Waals surface area contributed by atoms with Crippen molar-refractivity contribution in [3.05, 3.63) is 59.7 Å². The Morgan fingerprint density at radius 1 is 1.17 bits per heavy atom. The van der Waals surface area contributed by atoms with Crippen LogP contribution >= 0.6 is 0 Å². The largest absolute Gasteiger partial charge is 0.497 e. The molecule has 2 amide bonds. The predicted molar refractivity (Wildman–Crippen MR) is 92.2 cm³/mol. The number of carbonyl (C=O) groups excluding carboxylic acids is 2. The van der Waals surface area contributed by atoms with Gasteiger partial charge in [0.2, 0.25) is 0 Å². The van der Waals surface area contributed by atoms with Crippen LogP contribution in [-0.2, 0) is 22.4 Å². The van der Waals surface area contributed by atoms with E-state index in [-0.39, 0.29) is 0 Å². The van der Waals surface area contributed by atoms with Crippen LogP contribution in [0.4, 0.5) is 5.69 Å². The number of hydrogen-bond acceptors (Lipinski definition) is 3. The number of nitrogens with zero attached hydrogens (tertiary/aromatic N) is 1. The van der Waals surface area contributed by atoms with Gasteiger partial charge in [-0.1, -0.05) is 30.3 Å². The first-order chi connectivity index (χ1) is 11.7. The Labute approximate surface area is 141 Å². The minimum absolute atomic E-state index is 0.410. The van der Waals surface area contributed by atoms with E-state index in [1.807, 2.05) is 48.5 Å². The molecule has 0 aromatic heterocycles. The number of ether oxygens (including phenoxy) is 1. The van der Waals surface area contributed by atoms with Crippen molar-refractivity contribution in [3.63, 3.8) is 0 Å². The molecule has 0 fully saturated rings. The molecule has 3 rings (SSSR count). The predicted octanol–water partition coefficient (Wildman–Crippen LogP) is 1.94. The lowest BCUT2D eigenvalue weighted by Crippen LogP contribution is -2.43. The first kappa shape index (κ1) is 16.1. The zero-order valence-corrected chi connectivity index (χ0v) is 13.6. The topological polar surface area (TPSA) is 58.6 Å². The van der Waals surface area contributed by atoms with Crippen LogP contribution in [0.3, 0.4) is 0 Å². The van der Waals surface area contributed by atoms with Crippen LogP contribution in [-0.4, -0.2) is 32.0 Å². The lowest BCUT2D eigenvalue weighted by Gasteiger charge is -2.16. The molecule has 0 saturated heterocycles. The van der Waals surface area contributed by atoms with Crippen molar-refractivity contribution in [3.8, 4) is 5.75 Å². The monoisotopic (exact) mass is 324 g/mol. The van der Waals surface area contributed by atoms with Crippen molar-refractivity contribution in [2.75, 3.05) is 25.1 Å².